The molecule has 0 radical (unpaired) electrons. The smallest absolute Gasteiger partial charge is 0.248 e. The SMILES string of the molecule is Cc1nn(C)c(Cl)c1S(=O)(=O)N1CCN(C/C=C/c2ccccc2)CC1. The molecular formula is C18H23ClN4O2S. The number of benzene rings is 1. The number of nitrogens with zero attached hydrogens (tertiary/aromatic N) is 4. The van der Waals surface area contributed by atoms with E-state index in [-0.39, 0.29) is 10.0 Å². The molecule has 2 heterocycles. The fourth-order valence-corrected chi connectivity index (χ4v) is 5.22. The van der Waals surface area contributed by atoms with Crippen molar-refractivity contribution in [1.82, 2.24) is 19.0 Å². The summed E-state index contributed by atoms with van der Waals surface area (Å²) in [6, 6.07) is 10.1. The first kappa shape index (κ1) is 19.1. The van der Waals surface area contributed by atoms with Crippen LogP contribution < -0.4 is 0 Å². The summed E-state index contributed by atoms with van der Waals surface area (Å²) in [6.07, 6.45) is 4.20. The van der Waals surface area contributed by atoms with Crippen LogP contribution in [0.25, 0.3) is 6.08 Å². The minimum Gasteiger partial charge on any atom is -0.297 e. The van der Waals surface area contributed by atoms with Gasteiger partial charge in [0.1, 0.15) is 10.0 Å². The van der Waals surface area contributed by atoms with Crippen molar-refractivity contribution >= 4 is 27.7 Å². The van der Waals surface area contributed by atoms with E-state index in [0.717, 1.165) is 12.1 Å². The largest absolute Gasteiger partial charge is 0.297 e. The van der Waals surface area contributed by atoms with Crippen LogP contribution in [-0.4, -0.2) is 60.1 Å². The van der Waals surface area contributed by atoms with Gasteiger partial charge < -0.3 is 0 Å². The van der Waals surface area contributed by atoms with E-state index >= 15 is 0 Å². The Hall–Kier alpha value is -1.67. The second-order valence-corrected chi connectivity index (χ2v) is 8.58. The van der Waals surface area contributed by atoms with E-state index in [1.165, 1.54) is 8.99 Å². The lowest BCUT2D eigenvalue weighted by Gasteiger charge is -2.33. The Labute approximate surface area is 159 Å². The summed E-state index contributed by atoms with van der Waals surface area (Å²) in [6.45, 7) is 4.75. The normalized spacial score (nSPS) is 17.2. The minimum atomic E-state index is -3.62. The Kier molecular flexibility index (Phi) is 5.82. The number of hydrogen-bond donors (Lipinski definition) is 0. The zero-order valence-corrected chi connectivity index (χ0v) is 16.5. The molecule has 1 aliphatic rings. The van der Waals surface area contributed by atoms with Crippen molar-refractivity contribution in [1.29, 1.82) is 0 Å². The summed E-state index contributed by atoms with van der Waals surface area (Å²) in [4.78, 5) is 2.36. The Morgan fingerprint density at radius 3 is 2.38 bits per heavy atom. The lowest BCUT2D eigenvalue weighted by molar-refractivity contribution is 0.204. The maximum Gasteiger partial charge on any atom is 0.248 e. The van der Waals surface area contributed by atoms with Crippen LogP contribution in [0.15, 0.2) is 41.3 Å². The molecule has 6 nitrogen and oxygen atoms in total. The molecule has 2 aromatic rings. The highest BCUT2D eigenvalue weighted by atomic mass is 35.5. The number of hydrogen-bond acceptors (Lipinski definition) is 4. The van der Waals surface area contributed by atoms with Crippen molar-refractivity contribution in [3.05, 3.63) is 52.8 Å². The van der Waals surface area contributed by atoms with Gasteiger partial charge in [-0.25, -0.2) is 8.42 Å². The zero-order chi connectivity index (χ0) is 18.7. The average Bonchev–Trinajstić information content (AvgIpc) is 2.89. The number of halogens is 1. The quantitative estimate of drug-likeness (QED) is 0.781. The van der Waals surface area contributed by atoms with Crippen LogP contribution in [0.4, 0.5) is 0 Å². The van der Waals surface area contributed by atoms with Crippen LogP contribution in [0, 0.1) is 6.92 Å². The Morgan fingerprint density at radius 1 is 1.15 bits per heavy atom. The summed E-state index contributed by atoms with van der Waals surface area (Å²) in [5.41, 5.74) is 1.60. The Bertz CT molecular complexity index is 885. The van der Waals surface area contributed by atoms with E-state index in [0.29, 0.717) is 31.9 Å². The molecule has 0 bridgehead atoms. The first-order valence-electron chi connectivity index (χ1n) is 8.53. The molecule has 0 atom stereocenters. The Balaban J connectivity index is 1.60. The van der Waals surface area contributed by atoms with Gasteiger partial charge >= 0.3 is 0 Å². The summed E-state index contributed by atoms with van der Waals surface area (Å²) in [7, 11) is -1.97. The van der Waals surface area contributed by atoms with Gasteiger partial charge in [0.25, 0.3) is 0 Å². The number of rotatable bonds is 5. The van der Waals surface area contributed by atoms with Crippen LogP contribution in [0.2, 0.25) is 5.15 Å². The van der Waals surface area contributed by atoms with E-state index in [1.807, 2.05) is 18.2 Å². The fraction of sp³-hybridized carbons (Fsp3) is 0.389. The molecule has 0 unspecified atom stereocenters. The molecular weight excluding hydrogens is 372 g/mol. The van der Waals surface area contributed by atoms with Gasteiger partial charge in [-0.15, -0.1) is 0 Å². The predicted molar refractivity (Wildman–Crippen MR) is 104 cm³/mol. The van der Waals surface area contributed by atoms with Crippen molar-refractivity contribution in [3.8, 4) is 0 Å². The Morgan fingerprint density at radius 2 is 1.81 bits per heavy atom. The topological polar surface area (TPSA) is 58.4 Å². The first-order valence-corrected chi connectivity index (χ1v) is 10.3. The molecule has 0 N–H and O–H groups in total. The molecule has 3 rings (SSSR count). The third kappa shape index (κ3) is 4.01. The number of sulfonamides is 1. The average molecular weight is 395 g/mol. The van der Waals surface area contributed by atoms with E-state index in [9.17, 15) is 8.42 Å². The summed E-state index contributed by atoms with van der Waals surface area (Å²) in [5.74, 6) is 0. The molecule has 140 valence electrons. The summed E-state index contributed by atoms with van der Waals surface area (Å²) in [5, 5.41) is 4.28. The minimum absolute atomic E-state index is 0.124. The van der Waals surface area contributed by atoms with Crippen LogP contribution >= 0.6 is 11.6 Å². The molecule has 8 heteroatoms. The fourth-order valence-electron chi connectivity index (χ4n) is 3.09. The van der Waals surface area contributed by atoms with Gasteiger partial charge in [0.15, 0.2) is 0 Å². The third-order valence-electron chi connectivity index (χ3n) is 4.50. The molecule has 0 spiro atoms. The molecule has 1 aromatic carbocycles. The van der Waals surface area contributed by atoms with Crippen molar-refractivity contribution < 1.29 is 8.42 Å². The van der Waals surface area contributed by atoms with Crippen LogP contribution in [-0.2, 0) is 17.1 Å². The van der Waals surface area contributed by atoms with Crippen LogP contribution in [0.3, 0.4) is 0 Å². The molecule has 1 fully saturated rings. The number of aromatic nitrogens is 2. The van der Waals surface area contributed by atoms with Gasteiger partial charge in [-0.05, 0) is 12.5 Å². The number of aryl methyl sites for hydroxylation is 2. The van der Waals surface area contributed by atoms with Crippen molar-refractivity contribution in [2.75, 3.05) is 32.7 Å². The molecule has 0 amide bonds. The maximum atomic E-state index is 12.9. The van der Waals surface area contributed by atoms with Gasteiger partial charge in [-0.1, -0.05) is 54.1 Å². The van der Waals surface area contributed by atoms with Gasteiger partial charge in [-0.2, -0.15) is 9.40 Å². The third-order valence-corrected chi connectivity index (χ3v) is 7.10. The summed E-state index contributed by atoms with van der Waals surface area (Å²) < 4.78 is 28.7. The van der Waals surface area contributed by atoms with E-state index < -0.39 is 10.0 Å². The monoisotopic (exact) mass is 394 g/mol. The van der Waals surface area contributed by atoms with Crippen molar-refractivity contribution in [2.24, 2.45) is 7.05 Å². The van der Waals surface area contributed by atoms with Crippen molar-refractivity contribution in [2.45, 2.75) is 11.8 Å². The molecule has 26 heavy (non-hydrogen) atoms. The van der Waals surface area contributed by atoms with Crippen LogP contribution in [0.1, 0.15) is 11.3 Å². The van der Waals surface area contributed by atoms with Gasteiger partial charge in [0.05, 0.1) is 5.69 Å². The van der Waals surface area contributed by atoms with Gasteiger partial charge in [0, 0.05) is 39.8 Å². The second-order valence-electron chi connectivity index (χ2n) is 6.35. The lowest BCUT2D eigenvalue weighted by atomic mass is 10.2. The summed E-state index contributed by atoms with van der Waals surface area (Å²) >= 11 is 6.15. The van der Waals surface area contributed by atoms with Crippen LogP contribution in [0.5, 0.6) is 0 Å². The number of piperazine rings is 1. The highest BCUT2D eigenvalue weighted by Gasteiger charge is 2.33. The second kappa shape index (κ2) is 7.92. The van der Waals surface area contributed by atoms with Gasteiger partial charge in [0.2, 0.25) is 10.0 Å². The predicted octanol–water partition coefficient (Wildman–Crippen LogP) is 2.40. The zero-order valence-electron chi connectivity index (χ0n) is 15.0. The highest BCUT2D eigenvalue weighted by Crippen LogP contribution is 2.27. The molecule has 1 saturated heterocycles. The molecule has 0 aliphatic carbocycles. The molecule has 1 aliphatic heterocycles. The van der Waals surface area contributed by atoms with E-state index in [4.69, 9.17) is 11.6 Å². The van der Waals surface area contributed by atoms with Gasteiger partial charge in [-0.3, -0.25) is 9.58 Å². The van der Waals surface area contributed by atoms with E-state index in [2.05, 4.69) is 34.3 Å². The van der Waals surface area contributed by atoms with Crippen molar-refractivity contribution in [3.63, 3.8) is 0 Å². The highest BCUT2D eigenvalue weighted by molar-refractivity contribution is 7.89. The molecule has 0 saturated carbocycles. The lowest BCUT2D eigenvalue weighted by Crippen LogP contribution is -2.48. The molecule has 1 aromatic heterocycles. The standard InChI is InChI=1S/C18H23ClN4O2S/c1-15-17(18(19)21(2)20-15)26(24,25)23-13-11-22(12-14-23)10-6-9-16-7-4-3-5-8-16/h3-9H,10-14H2,1-2H3/b9-6+. The maximum absolute atomic E-state index is 12.9. The van der Waals surface area contributed by atoms with E-state index in [1.54, 1.807) is 14.0 Å². The first-order chi connectivity index (χ1) is 12.4.